The van der Waals surface area contributed by atoms with Gasteiger partial charge in [0.25, 0.3) is 0 Å². The van der Waals surface area contributed by atoms with E-state index in [0.29, 0.717) is 12.8 Å². The summed E-state index contributed by atoms with van der Waals surface area (Å²) in [5.41, 5.74) is 1.52. The Hall–Kier alpha value is -0.390. The summed E-state index contributed by atoms with van der Waals surface area (Å²) >= 11 is 3.66. The van der Waals surface area contributed by atoms with Crippen LogP contribution in [-0.2, 0) is 24.1 Å². The van der Waals surface area contributed by atoms with Crippen LogP contribution < -0.4 is 0 Å². The highest BCUT2D eigenvalue weighted by atomic mass is 79.9. The summed E-state index contributed by atoms with van der Waals surface area (Å²) in [6.07, 6.45) is 5.35. The standard InChI is InChI=1S/C15H25BrN2O2/c1-4-12-14(16)13(18(5-2)17-12)10-15(19)8-6-7-11(9-15)20-3/h11,19H,4-10H2,1-3H3. The third-order valence-corrected chi connectivity index (χ3v) is 5.22. The van der Waals surface area contributed by atoms with Crippen molar-refractivity contribution in [2.45, 2.75) is 70.6 Å². The maximum Gasteiger partial charge on any atom is 0.0766 e. The first-order valence-electron chi connectivity index (χ1n) is 7.52. The summed E-state index contributed by atoms with van der Waals surface area (Å²) in [4.78, 5) is 0. The molecule has 1 aromatic rings. The lowest BCUT2D eigenvalue weighted by Gasteiger charge is -2.36. The van der Waals surface area contributed by atoms with Gasteiger partial charge in [-0.2, -0.15) is 5.10 Å². The van der Waals surface area contributed by atoms with Crippen LogP contribution in [0.2, 0.25) is 0 Å². The molecule has 5 heteroatoms. The second-order valence-corrected chi connectivity index (χ2v) is 6.52. The number of aromatic nitrogens is 2. The lowest BCUT2D eigenvalue weighted by Crippen LogP contribution is -2.40. The fourth-order valence-corrected chi connectivity index (χ4v) is 3.85. The van der Waals surface area contributed by atoms with Crippen LogP contribution in [0, 0.1) is 0 Å². The van der Waals surface area contributed by atoms with E-state index in [1.807, 2.05) is 4.68 Å². The molecule has 1 aliphatic rings. The van der Waals surface area contributed by atoms with E-state index >= 15 is 0 Å². The van der Waals surface area contributed by atoms with Crippen LogP contribution in [0.15, 0.2) is 4.47 Å². The van der Waals surface area contributed by atoms with Crippen molar-refractivity contribution in [2.75, 3.05) is 7.11 Å². The topological polar surface area (TPSA) is 47.3 Å². The minimum Gasteiger partial charge on any atom is -0.389 e. The minimum absolute atomic E-state index is 0.177. The van der Waals surface area contributed by atoms with Gasteiger partial charge in [-0.15, -0.1) is 0 Å². The third kappa shape index (κ3) is 3.26. The lowest BCUT2D eigenvalue weighted by molar-refractivity contribution is -0.0591. The van der Waals surface area contributed by atoms with Crippen LogP contribution in [0.3, 0.4) is 0 Å². The van der Waals surface area contributed by atoms with Gasteiger partial charge >= 0.3 is 0 Å². The Morgan fingerprint density at radius 2 is 2.25 bits per heavy atom. The van der Waals surface area contributed by atoms with Gasteiger partial charge in [-0.25, -0.2) is 0 Å². The molecule has 2 rings (SSSR count). The summed E-state index contributed by atoms with van der Waals surface area (Å²) in [6.45, 7) is 5.02. The van der Waals surface area contributed by atoms with Gasteiger partial charge in [-0.1, -0.05) is 6.92 Å². The molecule has 1 heterocycles. The molecule has 1 N–H and O–H groups in total. The first-order valence-corrected chi connectivity index (χ1v) is 8.31. The molecule has 0 bridgehead atoms. The molecule has 0 amide bonds. The molecule has 4 nitrogen and oxygen atoms in total. The van der Waals surface area contributed by atoms with Gasteiger partial charge in [0.2, 0.25) is 0 Å². The Balaban J connectivity index is 2.22. The molecule has 1 aliphatic carbocycles. The van der Waals surface area contributed by atoms with E-state index in [2.05, 4.69) is 34.9 Å². The Labute approximate surface area is 129 Å². The fourth-order valence-electron chi connectivity index (χ4n) is 3.15. The monoisotopic (exact) mass is 344 g/mol. The van der Waals surface area contributed by atoms with Gasteiger partial charge < -0.3 is 9.84 Å². The van der Waals surface area contributed by atoms with Crippen molar-refractivity contribution in [3.8, 4) is 0 Å². The molecular formula is C15H25BrN2O2. The molecule has 0 radical (unpaired) electrons. The van der Waals surface area contributed by atoms with Crippen LogP contribution in [-0.4, -0.2) is 33.7 Å². The fraction of sp³-hybridized carbons (Fsp3) is 0.800. The summed E-state index contributed by atoms with van der Waals surface area (Å²) < 4.78 is 8.52. The van der Waals surface area contributed by atoms with E-state index in [9.17, 15) is 5.11 Å². The average molecular weight is 345 g/mol. The van der Waals surface area contributed by atoms with Crippen molar-refractivity contribution < 1.29 is 9.84 Å². The zero-order valence-electron chi connectivity index (χ0n) is 12.7. The number of aryl methyl sites for hydroxylation is 2. The maximum atomic E-state index is 10.9. The molecule has 2 atom stereocenters. The highest BCUT2D eigenvalue weighted by Gasteiger charge is 2.36. The Kier molecular flexibility index (Phi) is 5.26. The number of halogens is 1. The van der Waals surface area contributed by atoms with Gasteiger partial charge in [0, 0.05) is 26.5 Å². The quantitative estimate of drug-likeness (QED) is 0.892. The maximum absolute atomic E-state index is 10.9. The first kappa shape index (κ1) is 16.0. The normalized spacial score (nSPS) is 26.9. The number of hydrogen-bond acceptors (Lipinski definition) is 3. The molecule has 1 aromatic heterocycles. The van der Waals surface area contributed by atoms with Crippen molar-refractivity contribution in [3.63, 3.8) is 0 Å². The van der Waals surface area contributed by atoms with Crippen molar-refractivity contribution in [1.82, 2.24) is 9.78 Å². The van der Waals surface area contributed by atoms with E-state index < -0.39 is 5.60 Å². The number of hydrogen-bond donors (Lipinski definition) is 1. The summed E-state index contributed by atoms with van der Waals surface area (Å²) in [7, 11) is 1.73. The molecular weight excluding hydrogens is 320 g/mol. The van der Waals surface area contributed by atoms with Crippen LogP contribution in [0.4, 0.5) is 0 Å². The van der Waals surface area contributed by atoms with E-state index in [1.54, 1.807) is 7.11 Å². The molecule has 0 aromatic carbocycles. The highest BCUT2D eigenvalue weighted by molar-refractivity contribution is 9.10. The van der Waals surface area contributed by atoms with E-state index in [4.69, 9.17) is 4.74 Å². The van der Waals surface area contributed by atoms with Crippen LogP contribution in [0.1, 0.15) is 50.9 Å². The number of methoxy groups -OCH3 is 1. The van der Waals surface area contributed by atoms with Gasteiger partial charge in [0.1, 0.15) is 0 Å². The van der Waals surface area contributed by atoms with Crippen molar-refractivity contribution in [2.24, 2.45) is 0 Å². The van der Waals surface area contributed by atoms with Crippen molar-refractivity contribution >= 4 is 15.9 Å². The summed E-state index contributed by atoms with van der Waals surface area (Å²) in [5.74, 6) is 0. The number of aliphatic hydroxyl groups is 1. The predicted molar refractivity (Wildman–Crippen MR) is 82.9 cm³/mol. The molecule has 114 valence electrons. The second kappa shape index (κ2) is 6.58. The molecule has 0 aliphatic heterocycles. The van der Waals surface area contributed by atoms with E-state index in [0.717, 1.165) is 48.1 Å². The van der Waals surface area contributed by atoms with E-state index in [-0.39, 0.29) is 6.10 Å². The minimum atomic E-state index is -0.667. The summed E-state index contributed by atoms with van der Waals surface area (Å²) in [5, 5.41) is 15.5. The number of ether oxygens (including phenoxy) is 1. The molecule has 0 spiro atoms. The highest BCUT2D eigenvalue weighted by Crippen LogP contribution is 2.35. The Bertz CT molecular complexity index is 461. The molecule has 1 fully saturated rings. The van der Waals surface area contributed by atoms with Crippen molar-refractivity contribution in [1.29, 1.82) is 0 Å². The first-order chi connectivity index (χ1) is 9.53. The molecule has 0 saturated heterocycles. The predicted octanol–water partition coefficient (Wildman–Crippen LogP) is 3.09. The molecule has 20 heavy (non-hydrogen) atoms. The Morgan fingerprint density at radius 3 is 2.85 bits per heavy atom. The van der Waals surface area contributed by atoms with Gasteiger partial charge in [0.15, 0.2) is 0 Å². The second-order valence-electron chi connectivity index (χ2n) is 5.73. The van der Waals surface area contributed by atoms with Crippen LogP contribution in [0.5, 0.6) is 0 Å². The largest absolute Gasteiger partial charge is 0.389 e. The van der Waals surface area contributed by atoms with E-state index in [1.165, 1.54) is 0 Å². The number of rotatable bonds is 5. The smallest absolute Gasteiger partial charge is 0.0766 e. The summed E-state index contributed by atoms with van der Waals surface area (Å²) in [6, 6.07) is 0. The van der Waals surface area contributed by atoms with Gasteiger partial charge in [-0.05, 0) is 48.5 Å². The SMILES string of the molecule is CCc1nn(CC)c(CC2(O)CCCC(OC)C2)c1Br. The zero-order valence-corrected chi connectivity index (χ0v) is 14.2. The third-order valence-electron chi connectivity index (χ3n) is 4.30. The van der Waals surface area contributed by atoms with Gasteiger partial charge in [0.05, 0.1) is 27.6 Å². The molecule has 1 saturated carbocycles. The van der Waals surface area contributed by atoms with Crippen molar-refractivity contribution in [3.05, 3.63) is 15.9 Å². The number of nitrogens with zero attached hydrogens (tertiary/aromatic N) is 2. The zero-order chi connectivity index (χ0) is 14.8. The Morgan fingerprint density at radius 1 is 1.50 bits per heavy atom. The average Bonchev–Trinajstić information content (AvgIpc) is 2.74. The van der Waals surface area contributed by atoms with Crippen LogP contribution >= 0.6 is 15.9 Å². The lowest BCUT2D eigenvalue weighted by atomic mass is 9.80. The van der Waals surface area contributed by atoms with Crippen LogP contribution in [0.25, 0.3) is 0 Å². The molecule has 2 unspecified atom stereocenters. The van der Waals surface area contributed by atoms with Gasteiger partial charge in [-0.3, -0.25) is 4.68 Å².